The van der Waals surface area contributed by atoms with Gasteiger partial charge in [-0.05, 0) is 25.3 Å². The molecule has 0 bridgehead atoms. The highest BCUT2D eigenvalue weighted by atomic mass is 19.4. The van der Waals surface area contributed by atoms with Crippen LogP contribution in [-0.4, -0.2) is 43.0 Å². The van der Waals surface area contributed by atoms with E-state index in [1.807, 2.05) is 6.92 Å². The number of ether oxygens (including phenoxy) is 1. The zero-order chi connectivity index (χ0) is 14.5. The molecule has 6 heteroatoms. The van der Waals surface area contributed by atoms with Gasteiger partial charge in [-0.2, -0.15) is 0 Å². The van der Waals surface area contributed by atoms with Gasteiger partial charge in [0, 0.05) is 18.6 Å². The highest BCUT2D eigenvalue weighted by molar-refractivity contribution is 4.95. The van der Waals surface area contributed by atoms with Crippen LogP contribution in [0.15, 0.2) is 0 Å². The number of alkyl halides is 3. The molecule has 0 aliphatic heterocycles. The van der Waals surface area contributed by atoms with Crippen molar-refractivity contribution in [1.82, 2.24) is 4.90 Å². The second-order valence-corrected chi connectivity index (χ2v) is 5.50. The molecule has 2 unspecified atom stereocenters. The molecule has 1 aliphatic rings. The van der Waals surface area contributed by atoms with Crippen molar-refractivity contribution in [2.75, 3.05) is 26.2 Å². The number of halogens is 3. The summed E-state index contributed by atoms with van der Waals surface area (Å²) in [6.45, 7) is 5.30. The summed E-state index contributed by atoms with van der Waals surface area (Å²) >= 11 is 0. The lowest BCUT2D eigenvalue weighted by molar-refractivity contribution is -0.325. The maximum atomic E-state index is 12.0. The number of hydrogen-bond acceptors (Lipinski definition) is 3. The van der Waals surface area contributed by atoms with Gasteiger partial charge in [0.15, 0.2) is 0 Å². The summed E-state index contributed by atoms with van der Waals surface area (Å²) in [5.41, 5.74) is 5.78. The Labute approximate surface area is 113 Å². The van der Waals surface area contributed by atoms with Crippen LogP contribution in [0.1, 0.15) is 39.5 Å². The van der Waals surface area contributed by atoms with E-state index < -0.39 is 6.36 Å². The van der Waals surface area contributed by atoms with E-state index in [1.54, 1.807) is 0 Å². The highest BCUT2D eigenvalue weighted by Crippen LogP contribution is 2.36. The fraction of sp³-hybridized carbons (Fsp3) is 1.00. The van der Waals surface area contributed by atoms with Gasteiger partial charge in [0.25, 0.3) is 0 Å². The average Bonchev–Trinajstić information content (AvgIpc) is 2.33. The van der Waals surface area contributed by atoms with Gasteiger partial charge in [-0.3, -0.25) is 9.64 Å². The summed E-state index contributed by atoms with van der Waals surface area (Å²) in [5, 5.41) is 0. The fourth-order valence-corrected chi connectivity index (χ4v) is 3.24. The molecule has 1 aliphatic carbocycles. The SMILES string of the molecule is CCN(CCOC(F)(F)F)C1(CN)CCCC(C)C1. The maximum absolute atomic E-state index is 12.0. The van der Waals surface area contributed by atoms with Gasteiger partial charge in [-0.1, -0.05) is 26.7 Å². The number of nitrogens with two attached hydrogens (primary N) is 1. The first-order valence-corrected chi connectivity index (χ1v) is 6.99. The van der Waals surface area contributed by atoms with Crippen LogP contribution < -0.4 is 5.73 Å². The minimum atomic E-state index is -4.55. The van der Waals surface area contributed by atoms with Crippen LogP contribution in [-0.2, 0) is 4.74 Å². The second-order valence-electron chi connectivity index (χ2n) is 5.50. The van der Waals surface area contributed by atoms with Crippen LogP contribution in [0.2, 0.25) is 0 Å². The molecule has 114 valence electrons. The van der Waals surface area contributed by atoms with E-state index in [1.165, 1.54) is 6.42 Å². The highest BCUT2D eigenvalue weighted by Gasteiger charge is 2.38. The predicted molar refractivity (Wildman–Crippen MR) is 68.7 cm³/mol. The molecule has 3 nitrogen and oxygen atoms in total. The van der Waals surface area contributed by atoms with Crippen LogP contribution in [0.5, 0.6) is 0 Å². The molecule has 1 fully saturated rings. The van der Waals surface area contributed by atoms with Crippen LogP contribution >= 0.6 is 0 Å². The minimum Gasteiger partial charge on any atom is -0.329 e. The Kier molecular flexibility index (Phi) is 6.08. The lowest BCUT2D eigenvalue weighted by atomic mass is 9.75. The smallest absolute Gasteiger partial charge is 0.329 e. The Morgan fingerprint density at radius 1 is 1.42 bits per heavy atom. The molecule has 1 rings (SSSR count). The summed E-state index contributed by atoms with van der Waals surface area (Å²) in [6, 6.07) is 0. The molecule has 19 heavy (non-hydrogen) atoms. The summed E-state index contributed by atoms with van der Waals surface area (Å²) in [7, 11) is 0. The Morgan fingerprint density at radius 3 is 2.58 bits per heavy atom. The molecule has 0 aromatic carbocycles. The lowest BCUT2D eigenvalue weighted by Gasteiger charge is -2.47. The van der Waals surface area contributed by atoms with Crippen LogP contribution in [0, 0.1) is 5.92 Å². The van der Waals surface area contributed by atoms with E-state index in [0.717, 1.165) is 19.3 Å². The molecule has 0 spiro atoms. The summed E-state index contributed by atoms with van der Waals surface area (Å²) in [4.78, 5) is 2.06. The third-order valence-electron chi connectivity index (χ3n) is 4.13. The first-order chi connectivity index (χ1) is 8.83. The van der Waals surface area contributed by atoms with Crippen molar-refractivity contribution in [2.24, 2.45) is 11.7 Å². The quantitative estimate of drug-likeness (QED) is 0.814. The molecular formula is C13H25F3N2O. The topological polar surface area (TPSA) is 38.5 Å². The van der Waals surface area contributed by atoms with E-state index in [0.29, 0.717) is 19.0 Å². The van der Waals surface area contributed by atoms with Crippen molar-refractivity contribution in [3.63, 3.8) is 0 Å². The Bertz CT molecular complexity index is 273. The number of nitrogens with zero attached hydrogens (tertiary/aromatic N) is 1. The summed E-state index contributed by atoms with van der Waals surface area (Å²) in [5.74, 6) is 0.579. The van der Waals surface area contributed by atoms with Crippen LogP contribution in [0.3, 0.4) is 0 Å². The largest absolute Gasteiger partial charge is 0.522 e. The van der Waals surface area contributed by atoms with Crippen molar-refractivity contribution >= 4 is 0 Å². The van der Waals surface area contributed by atoms with Crippen molar-refractivity contribution in [1.29, 1.82) is 0 Å². The normalized spacial score (nSPS) is 28.9. The minimum absolute atomic E-state index is 0.151. The van der Waals surface area contributed by atoms with E-state index >= 15 is 0 Å². The van der Waals surface area contributed by atoms with Crippen LogP contribution in [0.25, 0.3) is 0 Å². The van der Waals surface area contributed by atoms with Crippen molar-refractivity contribution in [3.05, 3.63) is 0 Å². The van der Waals surface area contributed by atoms with E-state index in [-0.39, 0.29) is 18.7 Å². The molecule has 2 atom stereocenters. The monoisotopic (exact) mass is 282 g/mol. The third-order valence-corrected chi connectivity index (χ3v) is 4.13. The molecule has 0 amide bonds. The molecular weight excluding hydrogens is 257 g/mol. The van der Waals surface area contributed by atoms with Gasteiger partial charge in [-0.15, -0.1) is 13.2 Å². The summed E-state index contributed by atoms with van der Waals surface area (Å²) in [6.07, 6.45) is -0.348. The van der Waals surface area contributed by atoms with Crippen LogP contribution in [0.4, 0.5) is 13.2 Å². The molecule has 0 radical (unpaired) electrons. The zero-order valence-corrected chi connectivity index (χ0v) is 11.8. The van der Waals surface area contributed by atoms with E-state index in [9.17, 15) is 13.2 Å². The van der Waals surface area contributed by atoms with Gasteiger partial charge in [0.1, 0.15) is 0 Å². The van der Waals surface area contributed by atoms with E-state index in [4.69, 9.17) is 5.73 Å². The third kappa shape index (κ3) is 4.93. The summed E-state index contributed by atoms with van der Waals surface area (Å²) < 4.78 is 40.0. The maximum Gasteiger partial charge on any atom is 0.522 e. The van der Waals surface area contributed by atoms with Crippen molar-refractivity contribution < 1.29 is 17.9 Å². The fourth-order valence-electron chi connectivity index (χ4n) is 3.24. The van der Waals surface area contributed by atoms with Gasteiger partial charge in [0.05, 0.1) is 6.61 Å². The van der Waals surface area contributed by atoms with E-state index in [2.05, 4.69) is 16.6 Å². The molecule has 2 N–H and O–H groups in total. The van der Waals surface area contributed by atoms with Crippen molar-refractivity contribution in [3.8, 4) is 0 Å². The first-order valence-electron chi connectivity index (χ1n) is 6.99. The lowest BCUT2D eigenvalue weighted by Crippen LogP contribution is -2.57. The van der Waals surface area contributed by atoms with Gasteiger partial charge in [-0.25, -0.2) is 0 Å². The molecule has 0 aromatic rings. The Balaban J connectivity index is 2.59. The van der Waals surface area contributed by atoms with Gasteiger partial charge < -0.3 is 5.73 Å². The molecule has 1 saturated carbocycles. The molecule has 0 heterocycles. The molecule has 0 aromatic heterocycles. The number of likely N-dealkylation sites (N-methyl/N-ethyl adjacent to an activating group) is 1. The standard InChI is InChI=1S/C13H25F3N2O/c1-3-18(7-8-19-13(14,15)16)12(10-17)6-4-5-11(2)9-12/h11H,3-10,17H2,1-2H3. The molecule has 0 saturated heterocycles. The zero-order valence-electron chi connectivity index (χ0n) is 11.8. The predicted octanol–water partition coefficient (Wildman–Crippen LogP) is 2.75. The average molecular weight is 282 g/mol. The number of hydrogen-bond donors (Lipinski definition) is 1. The van der Waals surface area contributed by atoms with Gasteiger partial charge >= 0.3 is 6.36 Å². The second kappa shape index (κ2) is 6.90. The van der Waals surface area contributed by atoms with Crippen molar-refractivity contribution in [2.45, 2.75) is 51.4 Å². The first kappa shape index (κ1) is 16.7. The van der Waals surface area contributed by atoms with Gasteiger partial charge in [0.2, 0.25) is 0 Å². The number of rotatable bonds is 6. The Morgan fingerprint density at radius 2 is 2.11 bits per heavy atom. The Hall–Kier alpha value is -0.330.